The predicted molar refractivity (Wildman–Crippen MR) is 111 cm³/mol. The number of rotatable bonds is 8. The van der Waals surface area contributed by atoms with Gasteiger partial charge in [0.1, 0.15) is 12.4 Å². The summed E-state index contributed by atoms with van der Waals surface area (Å²) in [7, 11) is 0. The van der Waals surface area contributed by atoms with Crippen molar-refractivity contribution in [2.24, 2.45) is 4.99 Å². The molecule has 2 aromatic carbocycles. The fourth-order valence-corrected chi connectivity index (χ4v) is 3.13. The third-order valence-electron chi connectivity index (χ3n) is 4.56. The molecule has 0 aliphatic carbocycles. The van der Waals surface area contributed by atoms with Crippen LogP contribution in [0.3, 0.4) is 0 Å². The first-order valence-electron chi connectivity index (χ1n) is 9.61. The van der Waals surface area contributed by atoms with Gasteiger partial charge < -0.3 is 10.6 Å². The van der Waals surface area contributed by atoms with E-state index in [0.29, 0.717) is 19.0 Å². The zero-order valence-corrected chi connectivity index (χ0v) is 16.3. The van der Waals surface area contributed by atoms with Crippen LogP contribution < -0.4 is 10.6 Å². The molecular weight excluding hydrogens is 372 g/mol. The number of hydrogen-bond acceptors (Lipinski definition) is 2. The second kappa shape index (κ2) is 10.4. The Balaban J connectivity index is 1.75. The summed E-state index contributed by atoms with van der Waals surface area (Å²) < 4.78 is 26.8. The van der Waals surface area contributed by atoms with Crippen LogP contribution in [0.1, 0.15) is 36.3 Å². The highest BCUT2D eigenvalue weighted by molar-refractivity contribution is 5.79. The molecule has 7 heteroatoms. The monoisotopic (exact) mass is 397 g/mol. The number of nitrogens with one attached hydrogen (secondary N) is 2. The Bertz CT molecular complexity index is 854. The van der Waals surface area contributed by atoms with Crippen molar-refractivity contribution in [3.63, 3.8) is 0 Å². The molecule has 0 saturated carbocycles. The Morgan fingerprint density at radius 1 is 1.00 bits per heavy atom. The Hall–Kier alpha value is -3.22. The molecule has 152 valence electrons. The number of nitrogens with zero attached hydrogens (tertiary/aromatic N) is 3. The number of benzene rings is 2. The summed E-state index contributed by atoms with van der Waals surface area (Å²) in [5, 5.41) is 6.51. The van der Waals surface area contributed by atoms with Gasteiger partial charge in [0.15, 0.2) is 5.96 Å². The lowest BCUT2D eigenvalue weighted by Gasteiger charge is -2.20. The normalized spacial score (nSPS) is 11.8. The zero-order valence-electron chi connectivity index (χ0n) is 16.3. The number of halogens is 2. The highest BCUT2D eigenvalue weighted by atomic mass is 19.3. The Morgan fingerprint density at radius 2 is 1.62 bits per heavy atom. The summed E-state index contributed by atoms with van der Waals surface area (Å²) in [6, 6.07) is 20.5. The molecule has 5 nitrogen and oxygen atoms in total. The molecule has 0 spiro atoms. The second-order valence-electron chi connectivity index (χ2n) is 6.48. The first kappa shape index (κ1) is 20.5. The maximum absolute atomic E-state index is 13.0. The summed E-state index contributed by atoms with van der Waals surface area (Å²) >= 11 is 0. The van der Waals surface area contributed by atoms with Crippen LogP contribution in [0.5, 0.6) is 0 Å². The van der Waals surface area contributed by atoms with E-state index in [1.165, 1.54) is 23.5 Å². The van der Waals surface area contributed by atoms with Crippen molar-refractivity contribution >= 4 is 5.96 Å². The lowest BCUT2D eigenvalue weighted by molar-refractivity contribution is 0.0671. The molecule has 0 radical (unpaired) electrons. The molecule has 0 atom stereocenters. The molecule has 3 rings (SSSR count). The van der Waals surface area contributed by atoms with Crippen molar-refractivity contribution in [3.05, 3.63) is 90.0 Å². The van der Waals surface area contributed by atoms with Crippen molar-refractivity contribution in [3.8, 4) is 0 Å². The largest absolute Gasteiger partial charge is 0.357 e. The van der Waals surface area contributed by atoms with E-state index in [9.17, 15) is 8.78 Å². The lowest BCUT2D eigenvalue weighted by atomic mass is 9.91. The Morgan fingerprint density at radius 3 is 2.17 bits per heavy atom. The van der Waals surface area contributed by atoms with E-state index in [-0.39, 0.29) is 18.3 Å². The van der Waals surface area contributed by atoms with E-state index in [4.69, 9.17) is 0 Å². The summed E-state index contributed by atoms with van der Waals surface area (Å²) in [4.78, 5) is 8.42. The van der Waals surface area contributed by atoms with Gasteiger partial charge in [0.25, 0.3) is 0 Å². The first-order valence-corrected chi connectivity index (χ1v) is 9.61. The van der Waals surface area contributed by atoms with Crippen molar-refractivity contribution in [2.75, 3.05) is 13.1 Å². The van der Waals surface area contributed by atoms with Crippen LogP contribution in [0, 0.1) is 0 Å². The second-order valence-corrected chi connectivity index (χ2v) is 6.48. The third kappa shape index (κ3) is 5.63. The van der Waals surface area contributed by atoms with Crippen LogP contribution in [0.25, 0.3) is 0 Å². The van der Waals surface area contributed by atoms with Crippen molar-refractivity contribution in [1.29, 1.82) is 0 Å². The maximum Gasteiger partial charge on any atom is 0.319 e. The highest BCUT2D eigenvalue weighted by Gasteiger charge is 2.15. The van der Waals surface area contributed by atoms with E-state index in [1.807, 2.05) is 43.3 Å². The van der Waals surface area contributed by atoms with E-state index < -0.39 is 6.55 Å². The molecule has 0 aliphatic rings. The van der Waals surface area contributed by atoms with Gasteiger partial charge in [0.2, 0.25) is 0 Å². The van der Waals surface area contributed by atoms with Crippen LogP contribution >= 0.6 is 0 Å². The number of guanidine groups is 1. The van der Waals surface area contributed by atoms with Crippen LogP contribution in [0.15, 0.2) is 78.0 Å². The summed E-state index contributed by atoms with van der Waals surface area (Å²) in [5.74, 6) is 0.914. The van der Waals surface area contributed by atoms with Gasteiger partial charge in [-0.1, -0.05) is 60.7 Å². The van der Waals surface area contributed by atoms with Crippen molar-refractivity contribution in [2.45, 2.75) is 25.9 Å². The fraction of sp³-hybridized carbons (Fsp3) is 0.273. The van der Waals surface area contributed by atoms with E-state index in [2.05, 4.69) is 44.9 Å². The van der Waals surface area contributed by atoms with Crippen LogP contribution in [-0.2, 0) is 6.54 Å². The van der Waals surface area contributed by atoms with Crippen LogP contribution in [0.2, 0.25) is 0 Å². The first-order chi connectivity index (χ1) is 14.2. The van der Waals surface area contributed by atoms with Crippen LogP contribution in [0.4, 0.5) is 8.78 Å². The van der Waals surface area contributed by atoms with Crippen molar-refractivity contribution < 1.29 is 8.78 Å². The molecule has 1 heterocycles. The summed E-state index contributed by atoms with van der Waals surface area (Å²) in [6.45, 7) is 0.676. The molecular formula is C22H25F2N5. The SMILES string of the molecule is CCNC(=NCc1nccn1C(F)F)NCC(c1ccccc1)c1ccccc1. The van der Waals surface area contributed by atoms with Gasteiger partial charge in [-0.05, 0) is 18.1 Å². The maximum atomic E-state index is 13.0. The minimum Gasteiger partial charge on any atom is -0.357 e. The van der Waals surface area contributed by atoms with Gasteiger partial charge in [-0.3, -0.25) is 4.57 Å². The van der Waals surface area contributed by atoms with Gasteiger partial charge in [-0.25, -0.2) is 9.98 Å². The van der Waals surface area contributed by atoms with E-state index >= 15 is 0 Å². The number of imidazole rings is 1. The molecule has 0 amide bonds. The molecule has 29 heavy (non-hydrogen) atoms. The smallest absolute Gasteiger partial charge is 0.319 e. The fourth-order valence-electron chi connectivity index (χ4n) is 3.13. The molecule has 0 bridgehead atoms. The number of aliphatic imine (C=N–C) groups is 1. The average molecular weight is 397 g/mol. The molecule has 0 aliphatic heterocycles. The van der Waals surface area contributed by atoms with Gasteiger partial charge in [0.05, 0.1) is 0 Å². The van der Waals surface area contributed by atoms with Gasteiger partial charge >= 0.3 is 6.55 Å². The van der Waals surface area contributed by atoms with Crippen molar-refractivity contribution in [1.82, 2.24) is 20.2 Å². The predicted octanol–water partition coefficient (Wildman–Crippen LogP) is 4.17. The average Bonchev–Trinajstić information content (AvgIpc) is 3.23. The molecule has 1 aromatic heterocycles. The number of hydrogen-bond donors (Lipinski definition) is 2. The van der Waals surface area contributed by atoms with Gasteiger partial charge in [-0.2, -0.15) is 8.78 Å². The van der Waals surface area contributed by atoms with Gasteiger partial charge in [0, 0.05) is 31.4 Å². The molecule has 0 saturated heterocycles. The Labute approximate surface area is 169 Å². The Kier molecular flexibility index (Phi) is 7.33. The van der Waals surface area contributed by atoms with E-state index in [1.54, 1.807) is 0 Å². The highest BCUT2D eigenvalue weighted by Crippen LogP contribution is 2.23. The quantitative estimate of drug-likeness (QED) is 0.443. The zero-order chi connectivity index (χ0) is 20.5. The van der Waals surface area contributed by atoms with Crippen LogP contribution in [-0.4, -0.2) is 28.6 Å². The molecule has 3 aromatic rings. The topological polar surface area (TPSA) is 54.2 Å². The standard InChI is InChI=1S/C22H25F2N5/c1-2-25-22(28-16-20-26-13-14-29(20)21(23)24)27-15-19(17-9-5-3-6-10-17)18-11-7-4-8-12-18/h3-14,19,21H,2,15-16H2,1H3,(H2,25,27,28). The summed E-state index contributed by atoms with van der Waals surface area (Å²) in [6.07, 6.45) is 2.62. The minimum atomic E-state index is -2.63. The molecule has 2 N–H and O–H groups in total. The number of alkyl halides is 2. The third-order valence-corrected chi connectivity index (χ3v) is 4.56. The van der Waals surface area contributed by atoms with Gasteiger partial charge in [-0.15, -0.1) is 0 Å². The minimum absolute atomic E-state index is 0.0635. The van der Waals surface area contributed by atoms with E-state index in [0.717, 1.165) is 4.57 Å². The number of aromatic nitrogens is 2. The molecule has 0 unspecified atom stereocenters. The lowest BCUT2D eigenvalue weighted by Crippen LogP contribution is -2.39. The summed E-state index contributed by atoms with van der Waals surface area (Å²) in [5.41, 5.74) is 2.38. The molecule has 0 fully saturated rings.